The van der Waals surface area contributed by atoms with Crippen molar-refractivity contribution in [1.82, 2.24) is 14.8 Å². The van der Waals surface area contributed by atoms with E-state index in [-0.39, 0.29) is 33.4 Å². The Balaban J connectivity index is 1.27. The number of halogens is 8. The second kappa shape index (κ2) is 9.81. The van der Waals surface area contributed by atoms with Crippen LogP contribution in [0.3, 0.4) is 0 Å². The SMILES string of the molecule is Cc1cc(C(F)(F)F)c2cc(N3CCC4(C=C(c5c(C(F)F)cnn5-c5ccccc5C(F)(F)F)C4)CC3)ccc2n1. The molecule has 0 bridgehead atoms. The van der Waals surface area contributed by atoms with E-state index in [0.29, 0.717) is 43.6 Å². The highest BCUT2D eigenvalue weighted by molar-refractivity contribution is 5.86. The highest BCUT2D eigenvalue weighted by Crippen LogP contribution is 2.53. The number of hydrogen-bond donors (Lipinski definition) is 0. The van der Waals surface area contributed by atoms with Crippen molar-refractivity contribution < 1.29 is 35.1 Å². The summed E-state index contributed by atoms with van der Waals surface area (Å²) in [4.78, 5) is 6.21. The molecule has 12 heteroatoms. The Morgan fingerprint density at radius 2 is 1.55 bits per heavy atom. The number of allylic oxidation sites excluding steroid dienone is 2. The van der Waals surface area contributed by atoms with E-state index in [0.717, 1.165) is 23.0 Å². The van der Waals surface area contributed by atoms with Crippen molar-refractivity contribution in [3.8, 4) is 5.69 Å². The Kier molecular flexibility index (Phi) is 6.58. The van der Waals surface area contributed by atoms with Crippen LogP contribution in [0.4, 0.5) is 40.8 Å². The van der Waals surface area contributed by atoms with E-state index >= 15 is 0 Å². The van der Waals surface area contributed by atoms with Gasteiger partial charge in [0.15, 0.2) is 0 Å². The van der Waals surface area contributed by atoms with Crippen molar-refractivity contribution in [2.24, 2.45) is 5.41 Å². The van der Waals surface area contributed by atoms with Crippen LogP contribution >= 0.6 is 0 Å². The summed E-state index contributed by atoms with van der Waals surface area (Å²) < 4.78 is 111. The van der Waals surface area contributed by atoms with Gasteiger partial charge in [-0.3, -0.25) is 4.98 Å². The standard InChI is InChI=1S/C30H24F8N4/c1-17-12-23(30(36,37)38)20-13-19(6-7-24(20)40-17)41-10-8-28(9-11-41)14-18(15-28)26-21(27(31)32)16-39-42(26)25-5-3-2-4-22(25)29(33,34)35/h2-7,12-14,16,27H,8-11,15H2,1H3. The fraction of sp³-hybridized carbons (Fsp3) is 0.333. The van der Waals surface area contributed by atoms with E-state index in [1.54, 1.807) is 12.1 Å². The van der Waals surface area contributed by atoms with E-state index in [4.69, 9.17) is 0 Å². The normalized spacial score (nSPS) is 17.2. The van der Waals surface area contributed by atoms with Crippen molar-refractivity contribution in [2.75, 3.05) is 18.0 Å². The predicted molar refractivity (Wildman–Crippen MR) is 141 cm³/mol. The molecule has 3 heterocycles. The topological polar surface area (TPSA) is 34.0 Å². The van der Waals surface area contributed by atoms with Crippen LogP contribution in [0.1, 0.15) is 53.8 Å². The lowest BCUT2D eigenvalue weighted by Gasteiger charge is -2.47. The first-order valence-corrected chi connectivity index (χ1v) is 13.2. The molecule has 0 saturated carbocycles. The van der Waals surface area contributed by atoms with Gasteiger partial charge in [0.25, 0.3) is 6.43 Å². The Bertz CT molecular complexity index is 1690. The number of piperidine rings is 1. The number of para-hydroxylation sites is 1. The zero-order valence-electron chi connectivity index (χ0n) is 22.2. The molecule has 42 heavy (non-hydrogen) atoms. The minimum Gasteiger partial charge on any atom is -0.371 e. The first-order chi connectivity index (χ1) is 19.8. The molecular weight excluding hydrogens is 568 g/mol. The number of benzene rings is 2. The number of hydrogen-bond acceptors (Lipinski definition) is 3. The molecule has 2 aliphatic rings. The van der Waals surface area contributed by atoms with Crippen molar-refractivity contribution in [1.29, 1.82) is 0 Å². The summed E-state index contributed by atoms with van der Waals surface area (Å²) in [7, 11) is 0. The van der Waals surface area contributed by atoms with Crippen LogP contribution in [0.2, 0.25) is 0 Å². The van der Waals surface area contributed by atoms with Crippen LogP contribution in [0, 0.1) is 12.3 Å². The Morgan fingerprint density at radius 1 is 0.881 bits per heavy atom. The molecule has 4 nitrogen and oxygen atoms in total. The zero-order valence-corrected chi connectivity index (χ0v) is 22.2. The van der Waals surface area contributed by atoms with Crippen molar-refractivity contribution >= 4 is 22.2 Å². The molecule has 0 unspecified atom stereocenters. The summed E-state index contributed by atoms with van der Waals surface area (Å²) >= 11 is 0. The van der Waals surface area contributed by atoms with Crippen LogP contribution in [-0.2, 0) is 12.4 Å². The lowest BCUT2D eigenvalue weighted by Crippen LogP contribution is -2.42. The van der Waals surface area contributed by atoms with Gasteiger partial charge in [0, 0.05) is 29.9 Å². The van der Waals surface area contributed by atoms with Gasteiger partial charge in [0.1, 0.15) is 0 Å². The maximum absolute atomic E-state index is 13.9. The summed E-state index contributed by atoms with van der Waals surface area (Å²) in [6, 6.07) is 10.5. The molecule has 1 spiro atoms. The number of pyridine rings is 1. The number of aromatic nitrogens is 3. The van der Waals surface area contributed by atoms with Crippen LogP contribution in [0.25, 0.3) is 22.2 Å². The summed E-state index contributed by atoms with van der Waals surface area (Å²) in [5, 5.41) is 3.94. The van der Waals surface area contributed by atoms with Crippen LogP contribution in [0.5, 0.6) is 0 Å². The molecule has 0 N–H and O–H groups in total. The summed E-state index contributed by atoms with van der Waals surface area (Å²) in [5.74, 6) is 0. The molecule has 1 saturated heterocycles. The Morgan fingerprint density at radius 3 is 2.19 bits per heavy atom. The maximum Gasteiger partial charge on any atom is 0.418 e. The van der Waals surface area contributed by atoms with Crippen molar-refractivity contribution in [3.05, 3.63) is 88.9 Å². The lowest BCUT2D eigenvalue weighted by molar-refractivity contribution is -0.138. The third kappa shape index (κ3) is 4.90. The number of aryl methyl sites for hydroxylation is 1. The third-order valence-electron chi connectivity index (χ3n) is 8.15. The Labute approximate surface area is 235 Å². The molecule has 0 atom stereocenters. The quantitative estimate of drug-likeness (QED) is 0.222. The molecular formula is C30H24F8N4. The van der Waals surface area contributed by atoms with Gasteiger partial charge in [-0.1, -0.05) is 18.2 Å². The van der Waals surface area contributed by atoms with Gasteiger partial charge in [-0.25, -0.2) is 13.5 Å². The van der Waals surface area contributed by atoms with Crippen molar-refractivity contribution in [3.63, 3.8) is 0 Å². The summed E-state index contributed by atoms with van der Waals surface area (Å²) in [6.07, 6.45) is -7.84. The minimum absolute atomic E-state index is 0.0173. The van der Waals surface area contributed by atoms with Gasteiger partial charge in [-0.05, 0) is 73.6 Å². The second-order valence-corrected chi connectivity index (χ2v) is 10.9. The fourth-order valence-corrected chi connectivity index (χ4v) is 6.10. The molecule has 6 rings (SSSR count). The molecule has 220 valence electrons. The van der Waals surface area contributed by atoms with Gasteiger partial charge >= 0.3 is 12.4 Å². The average molecular weight is 593 g/mol. The van der Waals surface area contributed by atoms with Crippen LogP contribution < -0.4 is 4.90 Å². The number of alkyl halides is 8. The fourth-order valence-electron chi connectivity index (χ4n) is 6.10. The highest BCUT2D eigenvalue weighted by Gasteiger charge is 2.43. The molecule has 0 radical (unpaired) electrons. The van der Waals surface area contributed by atoms with E-state index < -0.39 is 35.5 Å². The summed E-state index contributed by atoms with van der Waals surface area (Å²) in [6.45, 7) is 2.53. The number of rotatable bonds is 4. The average Bonchev–Trinajstić information content (AvgIpc) is 3.35. The molecule has 1 fully saturated rings. The first-order valence-electron chi connectivity index (χ1n) is 13.2. The van der Waals surface area contributed by atoms with E-state index in [1.807, 2.05) is 11.0 Å². The second-order valence-electron chi connectivity index (χ2n) is 10.9. The molecule has 1 aliphatic heterocycles. The Hall–Kier alpha value is -3.96. The zero-order chi connectivity index (χ0) is 30.0. The number of nitrogens with zero attached hydrogens (tertiary/aromatic N) is 4. The molecule has 1 aliphatic carbocycles. The molecule has 2 aromatic carbocycles. The van der Waals surface area contributed by atoms with E-state index in [1.165, 1.54) is 31.2 Å². The van der Waals surface area contributed by atoms with E-state index in [2.05, 4.69) is 10.1 Å². The van der Waals surface area contributed by atoms with Gasteiger partial charge in [0.05, 0.1) is 39.8 Å². The van der Waals surface area contributed by atoms with Gasteiger partial charge < -0.3 is 4.90 Å². The largest absolute Gasteiger partial charge is 0.418 e. The van der Waals surface area contributed by atoms with Gasteiger partial charge in [-0.2, -0.15) is 31.4 Å². The first kappa shape index (κ1) is 28.2. The molecule has 4 aromatic rings. The third-order valence-corrected chi connectivity index (χ3v) is 8.15. The minimum atomic E-state index is -4.70. The number of fused-ring (bicyclic) bond motifs is 1. The lowest BCUT2D eigenvalue weighted by atomic mass is 9.64. The molecule has 2 aromatic heterocycles. The van der Waals surface area contributed by atoms with Gasteiger partial charge in [0.2, 0.25) is 0 Å². The van der Waals surface area contributed by atoms with Crippen molar-refractivity contribution in [2.45, 2.75) is 45.0 Å². The van der Waals surface area contributed by atoms with Crippen LogP contribution in [-0.4, -0.2) is 27.9 Å². The number of anilines is 1. The maximum atomic E-state index is 13.9. The monoisotopic (exact) mass is 592 g/mol. The smallest absolute Gasteiger partial charge is 0.371 e. The molecule has 0 amide bonds. The summed E-state index contributed by atoms with van der Waals surface area (Å²) in [5.41, 5.74) is -1.23. The predicted octanol–water partition coefficient (Wildman–Crippen LogP) is 8.78. The highest BCUT2D eigenvalue weighted by atomic mass is 19.4. The van der Waals surface area contributed by atoms with Gasteiger partial charge in [-0.15, -0.1) is 0 Å². The van der Waals surface area contributed by atoms with Crippen LogP contribution in [0.15, 0.2) is 60.8 Å². The van der Waals surface area contributed by atoms with E-state index in [9.17, 15) is 35.1 Å².